The summed E-state index contributed by atoms with van der Waals surface area (Å²) in [6.45, 7) is 8.23. The lowest BCUT2D eigenvalue weighted by atomic mass is 9.84. The molecule has 2 aliphatic rings. The highest BCUT2D eigenvalue weighted by atomic mass is 16.5. The number of hydrogen-bond acceptors (Lipinski definition) is 6. The number of allylic oxidation sites excluding steroid dienone is 4. The summed E-state index contributed by atoms with van der Waals surface area (Å²) in [6.07, 6.45) is 6.95. The molecule has 0 saturated carbocycles. The van der Waals surface area contributed by atoms with Gasteiger partial charge in [0.15, 0.2) is 0 Å². The van der Waals surface area contributed by atoms with Gasteiger partial charge < -0.3 is 19.8 Å². The first kappa shape index (κ1) is 27.5. The van der Waals surface area contributed by atoms with Crippen LogP contribution in [0.3, 0.4) is 0 Å². The molecule has 0 aliphatic carbocycles. The summed E-state index contributed by atoms with van der Waals surface area (Å²) in [5, 5.41) is 26.8. The molecule has 2 aliphatic heterocycles. The molecule has 2 aromatic carbocycles. The Labute approximate surface area is 231 Å². The second kappa shape index (κ2) is 10.5. The van der Waals surface area contributed by atoms with Crippen LogP contribution in [0, 0.1) is 0 Å². The van der Waals surface area contributed by atoms with Crippen LogP contribution in [0.4, 0.5) is 5.69 Å². The number of phenols is 1. The Kier molecular flexibility index (Phi) is 7.18. The van der Waals surface area contributed by atoms with Crippen LogP contribution in [0.1, 0.15) is 74.9 Å². The van der Waals surface area contributed by atoms with Gasteiger partial charge in [0.1, 0.15) is 17.1 Å². The summed E-state index contributed by atoms with van der Waals surface area (Å²) < 4.78 is 6.46. The smallest absolute Gasteiger partial charge is 0.272 e. The van der Waals surface area contributed by atoms with E-state index in [0.717, 1.165) is 12.8 Å². The van der Waals surface area contributed by atoms with E-state index in [0.29, 0.717) is 35.4 Å². The van der Waals surface area contributed by atoms with Crippen molar-refractivity contribution in [1.82, 2.24) is 10.2 Å². The summed E-state index contributed by atoms with van der Waals surface area (Å²) in [7, 11) is 0. The lowest BCUT2D eigenvalue weighted by molar-refractivity contribution is -0.0597. The van der Waals surface area contributed by atoms with E-state index in [1.165, 1.54) is 28.2 Å². The third kappa shape index (κ3) is 4.86. The number of aromatic nitrogens is 2. The molecule has 3 heterocycles. The number of aliphatic hydroxyl groups excluding tert-OH is 1. The minimum atomic E-state index is -0.925. The molecule has 2 unspecified atom stereocenters. The molecule has 2 atom stereocenters. The third-order valence-corrected chi connectivity index (χ3v) is 8.01. The van der Waals surface area contributed by atoms with Gasteiger partial charge >= 0.3 is 0 Å². The average Bonchev–Trinajstić information content (AvgIpc) is 3.23. The summed E-state index contributed by atoms with van der Waals surface area (Å²) in [5.74, 6) is -0.131. The molecule has 1 amide bonds. The van der Waals surface area contributed by atoms with Crippen LogP contribution in [0.2, 0.25) is 0 Å². The summed E-state index contributed by atoms with van der Waals surface area (Å²) in [6, 6.07) is 6.17. The molecule has 3 aromatic rings. The number of fused-ring (bicyclic) bond motifs is 4. The fraction of sp³-hybridized carbons (Fsp3) is 0.387. The highest BCUT2D eigenvalue weighted by Gasteiger charge is 2.44. The Morgan fingerprint density at radius 2 is 1.85 bits per heavy atom. The van der Waals surface area contributed by atoms with Crippen molar-refractivity contribution in [2.24, 2.45) is 0 Å². The number of hydrogen-bond donors (Lipinski definition) is 4. The van der Waals surface area contributed by atoms with Crippen LogP contribution in [0.25, 0.3) is 10.8 Å². The van der Waals surface area contributed by atoms with Gasteiger partial charge in [-0.3, -0.25) is 24.6 Å². The van der Waals surface area contributed by atoms with Gasteiger partial charge in [0.2, 0.25) is 0 Å². The van der Waals surface area contributed by atoms with Crippen molar-refractivity contribution < 1.29 is 19.7 Å². The first-order valence-corrected chi connectivity index (χ1v) is 13.6. The Morgan fingerprint density at radius 3 is 2.60 bits per heavy atom. The molecule has 9 heteroatoms. The molecular weight excluding hydrogens is 510 g/mol. The van der Waals surface area contributed by atoms with Gasteiger partial charge in [-0.05, 0) is 71.6 Å². The first-order valence-electron chi connectivity index (χ1n) is 13.6. The zero-order valence-electron chi connectivity index (χ0n) is 23.3. The number of benzene rings is 2. The molecular formula is C31H35N3O6. The number of amides is 1. The largest absolute Gasteiger partial charge is 0.508 e. The van der Waals surface area contributed by atoms with Gasteiger partial charge in [0, 0.05) is 17.5 Å². The molecule has 210 valence electrons. The topological polar surface area (TPSA) is 136 Å². The second-order valence-corrected chi connectivity index (χ2v) is 11.3. The molecule has 4 N–H and O–H groups in total. The van der Waals surface area contributed by atoms with Crippen molar-refractivity contribution in [2.75, 3.05) is 4.90 Å². The third-order valence-electron chi connectivity index (χ3n) is 8.01. The van der Waals surface area contributed by atoms with Crippen molar-refractivity contribution in [3.63, 3.8) is 0 Å². The Balaban J connectivity index is 1.45. The summed E-state index contributed by atoms with van der Waals surface area (Å²) >= 11 is 0. The van der Waals surface area contributed by atoms with E-state index in [4.69, 9.17) is 4.74 Å². The van der Waals surface area contributed by atoms with Gasteiger partial charge in [-0.1, -0.05) is 29.4 Å². The van der Waals surface area contributed by atoms with Gasteiger partial charge in [-0.2, -0.15) is 0 Å². The number of rotatable bonds is 7. The fourth-order valence-corrected chi connectivity index (χ4v) is 5.63. The lowest BCUT2D eigenvalue weighted by Crippen LogP contribution is -2.49. The number of aromatic amines is 2. The number of nitrogens with zero attached hydrogens (tertiary/aromatic N) is 1. The Hall–Kier alpha value is -4.11. The van der Waals surface area contributed by atoms with E-state index in [2.05, 4.69) is 43.1 Å². The maximum atomic E-state index is 13.6. The molecule has 40 heavy (non-hydrogen) atoms. The quantitative estimate of drug-likeness (QED) is 0.320. The molecule has 0 bridgehead atoms. The highest BCUT2D eigenvalue weighted by Crippen LogP contribution is 2.47. The number of H-pyrrole nitrogens is 2. The van der Waals surface area contributed by atoms with Crippen LogP contribution < -0.4 is 20.8 Å². The van der Waals surface area contributed by atoms with Crippen molar-refractivity contribution in [3.8, 4) is 11.5 Å². The van der Waals surface area contributed by atoms with E-state index >= 15 is 0 Å². The van der Waals surface area contributed by atoms with Crippen LogP contribution >= 0.6 is 0 Å². The molecule has 0 fully saturated rings. The minimum absolute atomic E-state index is 0.0949. The monoisotopic (exact) mass is 545 g/mol. The van der Waals surface area contributed by atoms with Crippen molar-refractivity contribution in [3.05, 3.63) is 85.0 Å². The molecule has 5 rings (SSSR count). The van der Waals surface area contributed by atoms with Gasteiger partial charge in [0.25, 0.3) is 17.0 Å². The molecule has 0 spiro atoms. The number of phenolic OH excluding ortho intramolecular Hbond substituents is 1. The highest BCUT2D eigenvalue weighted by molar-refractivity contribution is 6.14. The number of aliphatic hydroxyl groups is 1. The minimum Gasteiger partial charge on any atom is -0.508 e. The van der Waals surface area contributed by atoms with Crippen molar-refractivity contribution >= 4 is 22.4 Å². The molecule has 9 nitrogen and oxygen atoms in total. The Morgan fingerprint density at radius 1 is 1.10 bits per heavy atom. The molecule has 0 saturated heterocycles. The predicted octanol–water partition coefficient (Wildman–Crippen LogP) is 4.61. The second-order valence-electron chi connectivity index (χ2n) is 11.3. The first-order chi connectivity index (χ1) is 19.0. The van der Waals surface area contributed by atoms with Crippen LogP contribution in [0.5, 0.6) is 11.5 Å². The van der Waals surface area contributed by atoms with E-state index in [9.17, 15) is 24.6 Å². The maximum Gasteiger partial charge on any atom is 0.272 e. The number of nitrogens with one attached hydrogen (secondary N) is 2. The number of aromatic hydroxyl groups is 1. The maximum absolute atomic E-state index is 13.6. The normalized spacial score (nSPS) is 20.3. The zero-order chi connectivity index (χ0) is 28.8. The summed E-state index contributed by atoms with van der Waals surface area (Å²) in [4.78, 5) is 40.0. The van der Waals surface area contributed by atoms with Crippen LogP contribution in [-0.4, -0.2) is 38.0 Å². The van der Waals surface area contributed by atoms with Gasteiger partial charge in [-0.15, -0.1) is 0 Å². The predicted molar refractivity (Wildman–Crippen MR) is 154 cm³/mol. The fourth-order valence-electron chi connectivity index (χ4n) is 5.63. The van der Waals surface area contributed by atoms with E-state index in [1.807, 2.05) is 6.92 Å². The SMILES string of the molecule is CC(C)=CCC/C(C)=C/CCC1(C)Oc2c(c(O)cc3c2CN(c2cccc4c(=O)[nH][nH]c(=O)c24)C3=O)CC1O. The molecule has 0 radical (unpaired) electrons. The standard InChI is InChI=1S/C31H35N3O6/c1-17(2)8-5-9-18(3)10-7-13-31(4)25(36)15-21-24(35)14-20-22(27(21)40-31)16-34(30(20)39)23-12-6-11-19-26(23)29(38)33-32-28(19)37/h6,8,10-12,14,25,35-36H,5,7,9,13,15-16H2,1-4H3,(H,32,37)(H,33,38)/b18-10+. The van der Waals surface area contributed by atoms with Gasteiger partial charge in [0.05, 0.1) is 34.7 Å². The van der Waals surface area contributed by atoms with Gasteiger partial charge in [-0.25, -0.2) is 0 Å². The number of anilines is 1. The average molecular weight is 546 g/mol. The Bertz CT molecular complexity index is 1680. The van der Waals surface area contributed by atoms with E-state index in [1.54, 1.807) is 12.1 Å². The number of carbonyl (C=O) groups excluding carboxylic acids is 1. The van der Waals surface area contributed by atoms with Crippen molar-refractivity contribution in [2.45, 2.75) is 78.0 Å². The lowest BCUT2D eigenvalue weighted by Gasteiger charge is -2.40. The summed E-state index contributed by atoms with van der Waals surface area (Å²) in [5.41, 5.74) is 2.27. The number of carbonyl (C=O) groups is 1. The van der Waals surface area contributed by atoms with Crippen LogP contribution in [0.15, 0.2) is 57.2 Å². The number of ether oxygens (including phenoxy) is 1. The zero-order valence-corrected chi connectivity index (χ0v) is 23.3. The molecule has 1 aromatic heterocycles. The van der Waals surface area contributed by atoms with E-state index < -0.39 is 28.7 Å². The van der Waals surface area contributed by atoms with E-state index in [-0.39, 0.29) is 35.1 Å². The van der Waals surface area contributed by atoms with Crippen molar-refractivity contribution in [1.29, 1.82) is 0 Å². The van der Waals surface area contributed by atoms with Crippen LogP contribution in [-0.2, 0) is 13.0 Å².